The lowest BCUT2D eigenvalue weighted by molar-refractivity contribution is 0.0974. The molecule has 3 aromatic heterocycles. The average molecular weight is 442 g/mol. The number of benzene rings is 1. The van der Waals surface area contributed by atoms with E-state index in [1.165, 1.54) is 9.13 Å². The van der Waals surface area contributed by atoms with E-state index in [0.717, 1.165) is 36.4 Å². The van der Waals surface area contributed by atoms with E-state index in [4.69, 9.17) is 21.3 Å². The van der Waals surface area contributed by atoms with Gasteiger partial charge in [-0.3, -0.25) is 18.3 Å². The van der Waals surface area contributed by atoms with Crippen LogP contribution in [0.15, 0.2) is 33.9 Å². The van der Waals surface area contributed by atoms with Gasteiger partial charge in [0.15, 0.2) is 11.2 Å². The molecule has 0 N–H and O–H groups in total. The summed E-state index contributed by atoms with van der Waals surface area (Å²) in [6.45, 7) is 5.60. The van der Waals surface area contributed by atoms with Crippen molar-refractivity contribution in [2.24, 2.45) is 7.05 Å². The smallest absolute Gasteiger partial charge is 0.332 e. The standard InChI is InChI=1S/C22H24ClN5O3/c1-13-14(2)28-18-19(24-21(28)26(13)12-17-8-5-9-31-17)25(3)22(30)27(20(18)29)11-15-6-4-7-16(23)10-15/h4,6-7,10,17H,5,8-9,11-12H2,1-3H3. The van der Waals surface area contributed by atoms with Gasteiger partial charge in [0, 0.05) is 30.1 Å². The Morgan fingerprint density at radius 1 is 1.19 bits per heavy atom. The zero-order valence-corrected chi connectivity index (χ0v) is 18.5. The quantitative estimate of drug-likeness (QED) is 0.488. The summed E-state index contributed by atoms with van der Waals surface area (Å²) >= 11 is 6.09. The molecule has 1 atom stereocenters. The molecule has 8 nitrogen and oxygen atoms in total. The van der Waals surface area contributed by atoms with Gasteiger partial charge < -0.3 is 9.30 Å². The molecule has 0 bridgehead atoms. The molecular weight excluding hydrogens is 418 g/mol. The van der Waals surface area contributed by atoms with Crippen molar-refractivity contribution >= 4 is 28.5 Å². The molecule has 0 aliphatic carbocycles. The topological polar surface area (TPSA) is 75.5 Å². The van der Waals surface area contributed by atoms with Crippen LogP contribution in [0.2, 0.25) is 5.02 Å². The maximum Gasteiger partial charge on any atom is 0.332 e. The normalized spacial score (nSPS) is 16.7. The first-order chi connectivity index (χ1) is 14.9. The first-order valence-corrected chi connectivity index (χ1v) is 10.8. The van der Waals surface area contributed by atoms with Crippen LogP contribution in [-0.2, 0) is 24.9 Å². The minimum absolute atomic E-state index is 0.136. The average Bonchev–Trinajstić information content (AvgIpc) is 3.44. The van der Waals surface area contributed by atoms with Crippen LogP contribution in [0.3, 0.4) is 0 Å². The lowest BCUT2D eigenvalue weighted by atomic mass is 10.2. The van der Waals surface area contributed by atoms with E-state index in [-0.39, 0.29) is 18.2 Å². The van der Waals surface area contributed by atoms with Gasteiger partial charge in [0.25, 0.3) is 5.56 Å². The Morgan fingerprint density at radius 3 is 2.71 bits per heavy atom. The third-order valence-corrected chi connectivity index (χ3v) is 6.50. The lowest BCUT2D eigenvalue weighted by Gasteiger charge is -2.12. The van der Waals surface area contributed by atoms with Crippen LogP contribution in [0.5, 0.6) is 0 Å². The van der Waals surface area contributed by atoms with Gasteiger partial charge in [-0.2, -0.15) is 4.98 Å². The zero-order valence-electron chi connectivity index (χ0n) is 17.8. The van der Waals surface area contributed by atoms with Crippen LogP contribution in [0.4, 0.5) is 0 Å². The highest BCUT2D eigenvalue weighted by atomic mass is 35.5. The second kappa shape index (κ2) is 7.39. The summed E-state index contributed by atoms with van der Waals surface area (Å²) in [5.41, 5.74) is 2.79. The number of aromatic nitrogens is 5. The van der Waals surface area contributed by atoms with Gasteiger partial charge in [0.2, 0.25) is 5.78 Å². The Hall–Kier alpha value is -2.84. The Morgan fingerprint density at radius 2 is 2.00 bits per heavy atom. The van der Waals surface area contributed by atoms with Crippen LogP contribution in [0, 0.1) is 13.8 Å². The molecule has 1 aliphatic rings. The van der Waals surface area contributed by atoms with E-state index in [0.29, 0.717) is 28.5 Å². The highest BCUT2D eigenvalue weighted by Crippen LogP contribution is 2.23. The minimum Gasteiger partial charge on any atom is -0.376 e. The maximum absolute atomic E-state index is 13.5. The van der Waals surface area contributed by atoms with E-state index in [2.05, 4.69) is 4.57 Å². The first-order valence-electron chi connectivity index (χ1n) is 10.4. The van der Waals surface area contributed by atoms with E-state index in [1.807, 2.05) is 24.3 Å². The molecule has 0 spiro atoms. The molecule has 1 unspecified atom stereocenters. The van der Waals surface area contributed by atoms with Gasteiger partial charge in [-0.15, -0.1) is 0 Å². The maximum atomic E-state index is 13.5. The van der Waals surface area contributed by atoms with Crippen molar-refractivity contribution in [2.75, 3.05) is 6.61 Å². The molecule has 4 heterocycles. The number of rotatable bonds is 4. The van der Waals surface area contributed by atoms with Gasteiger partial charge in [0.1, 0.15) is 0 Å². The fourth-order valence-corrected chi connectivity index (χ4v) is 4.70. The summed E-state index contributed by atoms with van der Waals surface area (Å²) in [7, 11) is 1.65. The third kappa shape index (κ3) is 3.13. The van der Waals surface area contributed by atoms with E-state index in [1.54, 1.807) is 25.2 Å². The molecule has 5 rings (SSSR count). The third-order valence-electron chi connectivity index (χ3n) is 6.27. The van der Waals surface area contributed by atoms with Crippen LogP contribution in [0.25, 0.3) is 16.9 Å². The Balaban J connectivity index is 1.74. The molecule has 0 saturated carbocycles. The van der Waals surface area contributed by atoms with Crippen molar-refractivity contribution in [1.82, 2.24) is 23.1 Å². The predicted octanol–water partition coefficient (Wildman–Crippen LogP) is 2.65. The SMILES string of the molecule is Cc1c(C)n2c3c(=O)n(Cc4cccc(Cl)c4)c(=O)n(C)c3nc2n1CC1CCCO1. The molecule has 1 aliphatic heterocycles. The second-order valence-electron chi connectivity index (χ2n) is 8.20. The Kier molecular flexibility index (Phi) is 4.79. The van der Waals surface area contributed by atoms with Crippen molar-refractivity contribution < 1.29 is 4.74 Å². The van der Waals surface area contributed by atoms with Crippen molar-refractivity contribution in [3.05, 3.63) is 67.1 Å². The number of halogens is 1. The highest BCUT2D eigenvalue weighted by Gasteiger charge is 2.25. The van der Waals surface area contributed by atoms with Crippen LogP contribution < -0.4 is 11.2 Å². The van der Waals surface area contributed by atoms with Crippen molar-refractivity contribution in [3.8, 4) is 0 Å². The Bertz CT molecular complexity index is 1440. The fraction of sp³-hybridized carbons (Fsp3) is 0.409. The summed E-state index contributed by atoms with van der Waals surface area (Å²) in [4.78, 5) is 31.3. The summed E-state index contributed by atoms with van der Waals surface area (Å²) in [5, 5.41) is 0.563. The summed E-state index contributed by atoms with van der Waals surface area (Å²) in [5.74, 6) is 0.660. The van der Waals surface area contributed by atoms with Gasteiger partial charge >= 0.3 is 5.69 Å². The number of hydrogen-bond acceptors (Lipinski definition) is 4. The largest absolute Gasteiger partial charge is 0.376 e. The molecule has 0 amide bonds. The van der Waals surface area contributed by atoms with Crippen molar-refractivity contribution in [1.29, 1.82) is 0 Å². The van der Waals surface area contributed by atoms with E-state index in [9.17, 15) is 9.59 Å². The number of aryl methyl sites for hydroxylation is 2. The number of hydrogen-bond donors (Lipinski definition) is 0. The molecule has 162 valence electrons. The second-order valence-corrected chi connectivity index (χ2v) is 8.64. The molecule has 9 heteroatoms. The summed E-state index contributed by atoms with van der Waals surface area (Å²) in [6.07, 6.45) is 2.20. The Labute approximate surface area is 183 Å². The monoisotopic (exact) mass is 441 g/mol. The molecular formula is C22H24ClN5O3. The predicted molar refractivity (Wildman–Crippen MR) is 119 cm³/mol. The number of nitrogens with zero attached hydrogens (tertiary/aromatic N) is 5. The van der Waals surface area contributed by atoms with Crippen molar-refractivity contribution in [3.63, 3.8) is 0 Å². The first kappa shape index (κ1) is 20.1. The van der Waals surface area contributed by atoms with Crippen molar-refractivity contribution in [2.45, 2.75) is 45.9 Å². The molecule has 1 aromatic carbocycles. The van der Waals surface area contributed by atoms with E-state index >= 15 is 0 Å². The summed E-state index contributed by atoms with van der Waals surface area (Å²) < 4.78 is 12.5. The van der Waals surface area contributed by atoms with Crippen LogP contribution in [0.1, 0.15) is 29.8 Å². The van der Waals surface area contributed by atoms with Crippen LogP contribution in [-0.4, -0.2) is 35.8 Å². The summed E-state index contributed by atoms with van der Waals surface area (Å²) in [6, 6.07) is 7.18. The van der Waals surface area contributed by atoms with Gasteiger partial charge in [0.05, 0.1) is 19.2 Å². The zero-order chi connectivity index (χ0) is 21.9. The van der Waals surface area contributed by atoms with Gasteiger partial charge in [-0.1, -0.05) is 23.7 Å². The number of ether oxygens (including phenoxy) is 1. The van der Waals surface area contributed by atoms with Gasteiger partial charge in [-0.05, 0) is 44.4 Å². The lowest BCUT2D eigenvalue weighted by Crippen LogP contribution is -2.39. The molecule has 31 heavy (non-hydrogen) atoms. The molecule has 1 fully saturated rings. The highest BCUT2D eigenvalue weighted by molar-refractivity contribution is 6.30. The van der Waals surface area contributed by atoms with E-state index < -0.39 is 5.69 Å². The van der Waals surface area contributed by atoms with Gasteiger partial charge in [-0.25, -0.2) is 4.79 Å². The fourth-order valence-electron chi connectivity index (χ4n) is 4.48. The van der Waals surface area contributed by atoms with Crippen LogP contribution >= 0.6 is 11.6 Å². The molecule has 4 aromatic rings. The molecule has 0 radical (unpaired) electrons. The number of imidazole rings is 2. The number of fused-ring (bicyclic) bond motifs is 3. The molecule has 1 saturated heterocycles. The minimum atomic E-state index is -0.404.